The fourth-order valence-electron chi connectivity index (χ4n) is 0.898. The molecule has 1 aliphatic rings. The van der Waals surface area contributed by atoms with Gasteiger partial charge in [0.25, 0.3) is 0 Å². The normalized spacial score (nSPS) is 22.0. The van der Waals surface area contributed by atoms with Gasteiger partial charge >= 0.3 is 0 Å². The van der Waals surface area contributed by atoms with E-state index < -0.39 is 0 Å². The summed E-state index contributed by atoms with van der Waals surface area (Å²) in [4.78, 5) is 2.14. The van der Waals surface area contributed by atoms with Gasteiger partial charge in [0.1, 0.15) is 0 Å². The zero-order valence-electron chi connectivity index (χ0n) is 5.88. The molecule has 0 radical (unpaired) electrons. The van der Waals surface area contributed by atoms with E-state index in [1.807, 2.05) is 0 Å². The lowest BCUT2D eigenvalue weighted by Gasteiger charge is -2.26. The van der Waals surface area contributed by atoms with Crippen LogP contribution in [0.2, 0.25) is 0 Å². The molecule has 0 saturated carbocycles. The van der Waals surface area contributed by atoms with Crippen LogP contribution in [-0.2, 0) is 0 Å². The molecule has 58 valence electrons. The van der Waals surface area contributed by atoms with E-state index in [-0.39, 0.29) is 0 Å². The van der Waals surface area contributed by atoms with E-state index in [0.29, 0.717) is 0 Å². The van der Waals surface area contributed by atoms with Crippen LogP contribution in [0.4, 0.5) is 0 Å². The van der Waals surface area contributed by atoms with E-state index in [0.717, 1.165) is 32.8 Å². The Morgan fingerprint density at radius 2 is 2.10 bits per heavy atom. The van der Waals surface area contributed by atoms with Crippen molar-refractivity contribution in [3.63, 3.8) is 0 Å². The lowest BCUT2D eigenvalue weighted by molar-refractivity contribution is 0.209. The van der Waals surface area contributed by atoms with Gasteiger partial charge in [0.15, 0.2) is 0 Å². The molecule has 0 aromatic carbocycles. The Kier molecular flexibility index (Phi) is 3.21. The number of rotatable bonds is 2. The Morgan fingerprint density at radius 3 is 2.70 bits per heavy atom. The van der Waals surface area contributed by atoms with Gasteiger partial charge in [0.2, 0.25) is 0 Å². The van der Waals surface area contributed by atoms with Gasteiger partial charge in [-0.2, -0.15) is 0 Å². The molecule has 0 atom stereocenters. The minimum atomic E-state index is 0.788. The molecule has 1 aliphatic heterocycles. The topological polar surface area (TPSA) is 47.5 Å². The fraction of sp³-hybridized carbons (Fsp3) is 0.667. The maximum atomic E-state index is 8.35. The highest BCUT2D eigenvalue weighted by Crippen LogP contribution is 1.86. The lowest BCUT2D eigenvalue weighted by Crippen LogP contribution is -2.50. The first-order valence-corrected chi connectivity index (χ1v) is 3.36. The number of aliphatic hydroxyl groups is 1. The molecule has 0 amide bonds. The van der Waals surface area contributed by atoms with Gasteiger partial charge < -0.3 is 5.11 Å². The first kappa shape index (κ1) is 7.53. The van der Waals surface area contributed by atoms with Gasteiger partial charge in [0, 0.05) is 13.2 Å². The molecule has 1 rings (SSSR count). The van der Waals surface area contributed by atoms with Gasteiger partial charge in [-0.15, -0.1) is 0 Å². The third-order valence-corrected chi connectivity index (χ3v) is 1.39. The van der Waals surface area contributed by atoms with Crippen molar-refractivity contribution in [1.82, 2.24) is 15.5 Å². The minimum absolute atomic E-state index is 0.788. The SMILES string of the molecule is OC=CCN1CNCNC1. The summed E-state index contributed by atoms with van der Waals surface area (Å²) in [6.45, 7) is 3.44. The highest BCUT2D eigenvalue weighted by Gasteiger charge is 2.04. The quantitative estimate of drug-likeness (QED) is 0.453. The van der Waals surface area contributed by atoms with Crippen molar-refractivity contribution in [3.05, 3.63) is 12.3 Å². The van der Waals surface area contributed by atoms with E-state index in [1.54, 1.807) is 6.08 Å². The van der Waals surface area contributed by atoms with Crippen molar-refractivity contribution < 1.29 is 5.11 Å². The maximum Gasteiger partial charge on any atom is 0.0764 e. The Balaban J connectivity index is 2.13. The Labute approximate surface area is 60.5 Å². The van der Waals surface area contributed by atoms with Crippen LogP contribution in [0.3, 0.4) is 0 Å². The van der Waals surface area contributed by atoms with E-state index >= 15 is 0 Å². The first-order valence-electron chi connectivity index (χ1n) is 3.36. The van der Waals surface area contributed by atoms with E-state index in [9.17, 15) is 0 Å². The van der Waals surface area contributed by atoms with Crippen LogP contribution >= 0.6 is 0 Å². The Morgan fingerprint density at radius 1 is 1.40 bits per heavy atom. The van der Waals surface area contributed by atoms with Crippen LogP contribution in [0.1, 0.15) is 0 Å². The number of nitrogens with one attached hydrogen (secondary N) is 2. The molecule has 0 aliphatic carbocycles. The zero-order valence-corrected chi connectivity index (χ0v) is 5.88. The molecule has 0 unspecified atom stereocenters. The number of hydrogen-bond acceptors (Lipinski definition) is 4. The molecule has 4 heteroatoms. The van der Waals surface area contributed by atoms with Gasteiger partial charge in [-0.3, -0.25) is 15.5 Å². The molecule has 1 fully saturated rings. The average Bonchev–Trinajstić information content (AvgIpc) is 2.03. The molecule has 3 N–H and O–H groups in total. The van der Waals surface area contributed by atoms with Crippen molar-refractivity contribution >= 4 is 0 Å². The predicted molar refractivity (Wildman–Crippen MR) is 39.3 cm³/mol. The summed E-state index contributed by atoms with van der Waals surface area (Å²) in [5.41, 5.74) is 0. The number of nitrogens with zero attached hydrogens (tertiary/aromatic N) is 1. The summed E-state index contributed by atoms with van der Waals surface area (Å²) < 4.78 is 0. The molecule has 4 nitrogen and oxygen atoms in total. The van der Waals surface area contributed by atoms with Crippen LogP contribution in [0.15, 0.2) is 12.3 Å². The molecule has 1 saturated heterocycles. The van der Waals surface area contributed by atoms with Gasteiger partial charge in [-0.1, -0.05) is 0 Å². The average molecular weight is 143 g/mol. The second-order valence-electron chi connectivity index (χ2n) is 2.23. The third-order valence-electron chi connectivity index (χ3n) is 1.39. The van der Waals surface area contributed by atoms with E-state index in [1.165, 1.54) is 0 Å². The lowest BCUT2D eigenvalue weighted by atomic mass is 10.5. The molecule has 0 aromatic heterocycles. The second-order valence-corrected chi connectivity index (χ2v) is 2.23. The van der Waals surface area contributed by atoms with Crippen LogP contribution < -0.4 is 10.6 Å². The maximum absolute atomic E-state index is 8.35. The number of hydrogen-bond donors (Lipinski definition) is 3. The van der Waals surface area contributed by atoms with Crippen molar-refractivity contribution in [2.24, 2.45) is 0 Å². The monoisotopic (exact) mass is 143 g/mol. The molecule has 0 aromatic rings. The Hall–Kier alpha value is -0.580. The summed E-state index contributed by atoms with van der Waals surface area (Å²) in [6, 6.07) is 0. The summed E-state index contributed by atoms with van der Waals surface area (Å²) >= 11 is 0. The standard InChI is InChI=1S/C6H13N3O/c10-3-1-2-9-5-7-4-8-6-9/h1,3,7-8,10H,2,4-6H2. The van der Waals surface area contributed by atoms with Crippen LogP contribution in [0, 0.1) is 0 Å². The van der Waals surface area contributed by atoms with Crippen LogP contribution in [0.5, 0.6) is 0 Å². The molecular weight excluding hydrogens is 130 g/mol. The smallest absolute Gasteiger partial charge is 0.0764 e. The third kappa shape index (κ3) is 2.34. The van der Waals surface area contributed by atoms with Gasteiger partial charge in [0.05, 0.1) is 19.6 Å². The van der Waals surface area contributed by atoms with E-state index in [2.05, 4.69) is 15.5 Å². The second kappa shape index (κ2) is 4.27. The van der Waals surface area contributed by atoms with Gasteiger partial charge in [-0.25, -0.2) is 0 Å². The molecule has 10 heavy (non-hydrogen) atoms. The highest BCUT2D eigenvalue weighted by atomic mass is 16.2. The molecule has 0 spiro atoms. The highest BCUT2D eigenvalue weighted by molar-refractivity contribution is 4.77. The number of aliphatic hydroxyl groups excluding tert-OH is 1. The van der Waals surface area contributed by atoms with Gasteiger partial charge in [-0.05, 0) is 6.08 Å². The van der Waals surface area contributed by atoms with Crippen molar-refractivity contribution in [2.75, 3.05) is 26.6 Å². The zero-order chi connectivity index (χ0) is 7.23. The Bertz CT molecular complexity index is 110. The minimum Gasteiger partial charge on any atom is -0.516 e. The summed E-state index contributed by atoms with van der Waals surface area (Å²) in [6.07, 6.45) is 2.79. The largest absolute Gasteiger partial charge is 0.516 e. The summed E-state index contributed by atoms with van der Waals surface area (Å²) in [5.74, 6) is 0. The first-order chi connectivity index (χ1) is 4.93. The van der Waals surface area contributed by atoms with Crippen molar-refractivity contribution in [1.29, 1.82) is 0 Å². The van der Waals surface area contributed by atoms with Crippen molar-refractivity contribution in [3.8, 4) is 0 Å². The summed E-state index contributed by atoms with van der Waals surface area (Å²) in [7, 11) is 0. The molecule has 1 heterocycles. The van der Waals surface area contributed by atoms with Crippen LogP contribution in [-0.4, -0.2) is 36.6 Å². The van der Waals surface area contributed by atoms with Crippen molar-refractivity contribution in [2.45, 2.75) is 0 Å². The predicted octanol–water partition coefficient (Wildman–Crippen LogP) is -0.575. The molecule has 0 bridgehead atoms. The fourth-order valence-corrected chi connectivity index (χ4v) is 0.898. The van der Waals surface area contributed by atoms with Crippen LogP contribution in [0.25, 0.3) is 0 Å². The van der Waals surface area contributed by atoms with E-state index in [4.69, 9.17) is 5.11 Å². The molecular formula is C6H13N3O. The summed E-state index contributed by atoms with van der Waals surface area (Å²) in [5, 5.41) is 14.6.